The summed E-state index contributed by atoms with van der Waals surface area (Å²) in [6, 6.07) is 1.76. The number of nitrogens with zero attached hydrogens (tertiary/aromatic N) is 2. The highest BCUT2D eigenvalue weighted by atomic mass is 35.5. The van der Waals surface area contributed by atoms with Gasteiger partial charge in [-0.25, -0.2) is 4.98 Å². The molecule has 0 saturated heterocycles. The van der Waals surface area contributed by atoms with E-state index in [1.165, 1.54) is 0 Å². The van der Waals surface area contributed by atoms with Gasteiger partial charge in [0.25, 0.3) is 0 Å². The molecule has 64 valence electrons. The van der Waals surface area contributed by atoms with E-state index >= 15 is 0 Å². The van der Waals surface area contributed by atoms with Gasteiger partial charge in [0, 0.05) is 18.8 Å². The van der Waals surface area contributed by atoms with Gasteiger partial charge >= 0.3 is 0 Å². The van der Waals surface area contributed by atoms with Crippen molar-refractivity contribution in [1.29, 1.82) is 0 Å². The normalized spacial score (nSPS) is 11.8. The maximum atomic E-state index is 5.67. The summed E-state index contributed by atoms with van der Waals surface area (Å²) in [4.78, 5) is 7.77. The lowest BCUT2D eigenvalue weighted by Crippen LogP contribution is -2.14. The quantitative estimate of drug-likeness (QED) is 0.406. The summed E-state index contributed by atoms with van der Waals surface area (Å²) in [6.45, 7) is 1.92. The minimum Gasteiger partial charge on any atom is -0.383 e. The summed E-state index contributed by atoms with van der Waals surface area (Å²) in [5.74, 6) is 0.483. The topological polar surface area (TPSA) is 51.3 Å². The summed E-state index contributed by atoms with van der Waals surface area (Å²) in [5.41, 5.74) is 7.43. The summed E-state index contributed by atoms with van der Waals surface area (Å²) in [7, 11) is 1.64. The first kappa shape index (κ1) is 9.00. The van der Waals surface area contributed by atoms with Crippen molar-refractivity contribution in [2.75, 3.05) is 7.05 Å². The van der Waals surface area contributed by atoms with Gasteiger partial charge in [0.1, 0.15) is 11.0 Å². The summed E-state index contributed by atoms with van der Waals surface area (Å²) >= 11 is 5.67. The van der Waals surface area contributed by atoms with Gasteiger partial charge in [0.05, 0.1) is 0 Å². The standard InChI is InChI=1S/C8H10ClN3/c1-5-3-7(9)12-4-6(5)8(10)11-2/h3-4H,1-2H3,(H2,10,11). The second-order valence-corrected chi connectivity index (χ2v) is 2.82. The molecule has 4 heteroatoms. The zero-order valence-electron chi connectivity index (χ0n) is 7.00. The van der Waals surface area contributed by atoms with Crippen LogP contribution in [0.3, 0.4) is 0 Å². The van der Waals surface area contributed by atoms with Crippen molar-refractivity contribution in [1.82, 2.24) is 4.98 Å². The lowest BCUT2D eigenvalue weighted by Gasteiger charge is -2.03. The molecule has 0 bridgehead atoms. The third-order valence-corrected chi connectivity index (χ3v) is 1.80. The largest absolute Gasteiger partial charge is 0.383 e. The summed E-state index contributed by atoms with van der Waals surface area (Å²) in [6.07, 6.45) is 1.62. The van der Waals surface area contributed by atoms with Crippen LogP contribution in [-0.2, 0) is 0 Å². The zero-order valence-corrected chi connectivity index (χ0v) is 7.76. The van der Waals surface area contributed by atoms with Gasteiger partial charge in [-0.15, -0.1) is 0 Å². The number of hydrogen-bond donors (Lipinski definition) is 1. The second kappa shape index (κ2) is 3.54. The molecule has 0 aliphatic carbocycles. The van der Waals surface area contributed by atoms with Crippen LogP contribution in [0.2, 0.25) is 5.15 Å². The van der Waals surface area contributed by atoms with Crippen molar-refractivity contribution < 1.29 is 0 Å². The molecule has 1 aromatic heterocycles. The Bertz CT molecular complexity index is 320. The molecule has 0 aromatic carbocycles. The van der Waals surface area contributed by atoms with Crippen molar-refractivity contribution in [3.63, 3.8) is 0 Å². The number of hydrogen-bond acceptors (Lipinski definition) is 2. The average molecular weight is 184 g/mol. The van der Waals surface area contributed by atoms with E-state index < -0.39 is 0 Å². The van der Waals surface area contributed by atoms with Crippen LogP contribution in [-0.4, -0.2) is 17.9 Å². The van der Waals surface area contributed by atoms with E-state index in [2.05, 4.69) is 9.98 Å². The Morgan fingerprint density at radius 3 is 2.83 bits per heavy atom. The molecule has 0 amide bonds. The van der Waals surface area contributed by atoms with Crippen LogP contribution in [0, 0.1) is 6.92 Å². The fourth-order valence-corrected chi connectivity index (χ4v) is 1.12. The van der Waals surface area contributed by atoms with E-state index in [1.807, 2.05) is 6.92 Å². The Kier molecular flexibility index (Phi) is 2.65. The molecule has 0 unspecified atom stereocenters. The molecule has 1 heterocycles. The third-order valence-electron chi connectivity index (χ3n) is 1.59. The predicted molar refractivity (Wildman–Crippen MR) is 50.6 cm³/mol. The molecule has 1 aromatic rings. The van der Waals surface area contributed by atoms with Crippen LogP contribution in [0.4, 0.5) is 0 Å². The van der Waals surface area contributed by atoms with E-state index in [9.17, 15) is 0 Å². The highest BCUT2D eigenvalue weighted by molar-refractivity contribution is 6.29. The van der Waals surface area contributed by atoms with Crippen LogP contribution in [0.5, 0.6) is 0 Å². The zero-order chi connectivity index (χ0) is 9.14. The number of rotatable bonds is 1. The van der Waals surface area contributed by atoms with E-state index in [0.29, 0.717) is 11.0 Å². The first-order chi connectivity index (χ1) is 5.65. The van der Waals surface area contributed by atoms with Crippen LogP contribution in [0.25, 0.3) is 0 Å². The van der Waals surface area contributed by atoms with Crippen molar-refractivity contribution in [3.8, 4) is 0 Å². The molecule has 0 aliphatic rings. The van der Waals surface area contributed by atoms with Gasteiger partial charge < -0.3 is 5.73 Å². The van der Waals surface area contributed by atoms with Crippen LogP contribution in [0.15, 0.2) is 17.3 Å². The van der Waals surface area contributed by atoms with Gasteiger partial charge in [0.2, 0.25) is 0 Å². The van der Waals surface area contributed by atoms with Crippen LogP contribution >= 0.6 is 11.6 Å². The van der Waals surface area contributed by atoms with Gasteiger partial charge in [-0.2, -0.15) is 0 Å². The number of amidine groups is 1. The molecule has 0 fully saturated rings. The molecule has 2 N–H and O–H groups in total. The SMILES string of the molecule is CN=C(N)c1cnc(Cl)cc1C. The maximum Gasteiger partial charge on any atom is 0.129 e. The van der Waals surface area contributed by atoms with Gasteiger partial charge in [0.15, 0.2) is 0 Å². The van der Waals surface area contributed by atoms with E-state index in [-0.39, 0.29) is 0 Å². The third kappa shape index (κ3) is 1.74. The first-order valence-electron chi connectivity index (χ1n) is 3.50. The van der Waals surface area contributed by atoms with Gasteiger partial charge in [-0.1, -0.05) is 11.6 Å². The number of aliphatic imine (C=N–C) groups is 1. The smallest absolute Gasteiger partial charge is 0.129 e. The van der Waals surface area contributed by atoms with Crippen molar-refractivity contribution in [2.45, 2.75) is 6.92 Å². The Morgan fingerprint density at radius 1 is 1.67 bits per heavy atom. The Balaban J connectivity index is 3.18. The molecule has 0 spiro atoms. The lowest BCUT2D eigenvalue weighted by molar-refractivity contribution is 1.25. The van der Waals surface area contributed by atoms with Crippen molar-refractivity contribution in [3.05, 3.63) is 28.5 Å². The van der Waals surface area contributed by atoms with Crippen molar-refractivity contribution >= 4 is 17.4 Å². The summed E-state index contributed by atoms with van der Waals surface area (Å²) in [5, 5.41) is 0.472. The highest BCUT2D eigenvalue weighted by Crippen LogP contribution is 2.11. The number of halogens is 1. The minimum atomic E-state index is 0.472. The molecule has 12 heavy (non-hydrogen) atoms. The molecule has 0 radical (unpaired) electrons. The second-order valence-electron chi connectivity index (χ2n) is 2.43. The summed E-state index contributed by atoms with van der Waals surface area (Å²) < 4.78 is 0. The number of aryl methyl sites for hydroxylation is 1. The highest BCUT2D eigenvalue weighted by Gasteiger charge is 2.02. The lowest BCUT2D eigenvalue weighted by atomic mass is 10.1. The van der Waals surface area contributed by atoms with E-state index in [4.69, 9.17) is 17.3 Å². The molecular formula is C8H10ClN3. The van der Waals surface area contributed by atoms with E-state index in [0.717, 1.165) is 11.1 Å². The Labute approximate surface area is 76.3 Å². The predicted octanol–water partition coefficient (Wildman–Crippen LogP) is 1.38. The van der Waals surface area contributed by atoms with Gasteiger partial charge in [-0.05, 0) is 18.6 Å². The minimum absolute atomic E-state index is 0.472. The molecule has 1 rings (SSSR count). The molecule has 3 nitrogen and oxygen atoms in total. The molecule has 0 saturated carbocycles. The Morgan fingerprint density at radius 2 is 2.33 bits per heavy atom. The maximum absolute atomic E-state index is 5.67. The fraction of sp³-hybridized carbons (Fsp3) is 0.250. The number of nitrogens with two attached hydrogens (primary N) is 1. The molecular weight excluding hydrogens is 174 g/mol. The van der Waals surface area contributed by atoms with E-state index in [1.54, 1.807) is 19.3 Å². The van der Waals surface area contributed by atoms with Gasteiger partial charge in [-0.3, -0.25) is 4.99 Å². The fourth-order valence-electron chi connectivity index (χ4n) is 0.910. The average Bonchev–Trinajstić information content (AvgIpc) is 2.03. The first-order valence-corrected chi connectivity index (χ1v) is 3.87. The molecule has 0 aliphatic heterocycles. The number of aromatic nitrogens is 1. The molecule has 0 atom stereocenters. The Hall–Kier alpha value is -1.09. The number of pyridine rings is 1. The van der Waals surface area contributed by atoms with Crippen molar-refractivity contribution in [2.24, 2.45) is 10.7 Å². The van der Waals surface area contributed by atoms with Crippen LogP contribution < -0.4 is 5.73 Å². The van der Waals surface area contributed by atoms with Crippen LogP contribution in [0.1, 0.15) is 11.1 Å². The monoisotopic (exact) mass is 183 g/mol.